The summed E-state index contributed by atoms with van der Waals surface area (Å²) >= 11 is 0. The Morgan fingerprint density at radius 2 is 2.11 bits per heavy atom. The van der Waals surface area contributed by atoms with Crippen molar-refractivity contribution in [3.05, 3.63) is 24.7 Å². The van der Waals surface area contributed by atoms with Crippen LogP contribution in [0.5, 0.6) is 0 Å². The predicted octanol–water partition coefficient (Wildman–Crippen LogP) is 1.83. The van der Waals surface area contributed by atoms with E-state index >= 15 is 0 Å². The van der Waals surface area contributed by atoms with E-state index in [4.69, 9.17) is 0 Å². The summed E-state index contributed by atoms with van der Waals surface area (Å²) in [5.74, 6) is 0.806. The standard InChI is InChI=1S/C13H18N4O/c18-12-5-3-1-2-4-10(12)16-13-11-6-7-15-17(11)9-8-14-13/h6-10,12,18H,1-5H2,(H,14,16). The Kier molecular flexibility index (Phi) is 3.15. The first-order chi connectivity index (χ1) is 8.84. The number of aliphatic hydroxyl groups is 1. The van der Waals surface area contributed by atoms with Crippen LogP contribution < -0.4 is 5.32 Å². The fraction of sp³-hybridized carbons (Fsp3) is 0.538. The zero-order chi connectivity index (χ0) is 12.4. The molecule has 0 saturated heterocycles. The summed E-state index contributed by atoms with van der Waals surface area (Å²) in [6.07, 6.45) is 10.4. The van der Waals surface area contributed by atoms with Crippen LogP contribution in [0.15, 0.2) is 24.7 Å². The molecule has 1 saturated carbocycles. The van der Waals surface area contributed by atoms with Gasteiger partial charge in [-0.3, -0.25) is 0 Å². The van der Waals surface area contributed by atoms with Crippen molar-refractivity contribution in [1.82, 2.24) is 14.6 Å². The minimum absolute atomic E-state index is 0.0982. The monoisotopic (exact) mass is 246 g/mol. The smallest absolute Gasteiger partial charge is 0.152 e. The normalized spacial score (nSPS) is 24.9. The fourth-order valence-electron chi connectivity index (χ4n) is 2.60. The molecule has 0 amide bonds. The van der Waals surface area contributed by atoms with Crippen molar-refractivity contribution < 1.29 is 5.11 Å². The lowest BCUT2D eigenvalue weighted by molar-refractivity contribution is 0.144. The highest BCUT2D eigenvalue weighted by Crippen LogP contribution is 2.22. The van der Waals surface area contributed by atoms with Crippen molar-refractivity contribution >= 4 is 11.3 Å². The van der Waals surface area contributed by atoms with Crippen LogP contribution in [0, 0.1) is 0 Å². The first kappa shape index (κ1) is 11.5. The summed E-state index contributed by atoms with van der Waals surface area (Å²) in [5.41, 5.74) is 0.953. The number of rotatable bonds is 2. The minimum Gasteiger partial charge on any atom is -0.391 e. The van der Waals surface area contributed by atoms with Crippen molar-refractivity contribution in [2.45, 2.75) is 44.2 Å². The van der Waals surface area contributed by atoms with Gasteiger partial charge in [0.2, 0.25) is 0 Å². The predicted molar refractivity (Wildman–Crippen MR) is 69.5 cm³/mol. The van der Waals surface area contributed by atoms with Gasteiger partial charge in [-0.25, -0.2) is 9.50 Å². The van der Waals surface area contributed by atoms with Crippen LogP contribution in [0.1, 0.15) is 32.1 Å². The molecule has 1 aliphatic rings. The van der Waals surface area contributed by atoms with Crippen LogP contribution in [0.2, 0.25) is 0 Å². The molecule has 18 heavy (non-hydrogen) atoms. The number of aliphatic hydroxyl groups excluding tert-OH is 1. The van der Waals surface area contributed by atoms with Gasteiger partial charge in [0.05, 0.1) is 18.3 Å². The molecule has 0 aromatic carbocycles. The second-order valence-corrected chi connectivity index (χ2v) is 4.89. The minimum atomic E-state index is -0.280. The van der Waals surface area contributed by atoms with E-state index in [1.54, 1.807) is 16.9 Å². The molecule has 0 aliphatic heterocycles. The lowest BCUT2D eigenvalue weighted by atomic mass is 10.1. The zero-order valence-electron chi connectivity index (χ0n) is 10.3. The van der Waals surface area contributed by atoms with E-state index in [9.17, 15) is 5.11 Å². The topological polar surface area (TPSA) is 62.5 Å². The van der Waals surface area contributed by atoms with Crippen LogP contribution in [0.25, 0.3) is 5.52 Å². The molecule has 2 unspecified atom stereocenters. The molecule has 0 radical (unpaired) electrons. The second-order valence-electron chi connectivity index (χ2n) is 4.89. The zero-order valence-corrected chi connectivity index (χ0v) is 10.3. The number of hydrogen-bond acceptors (Lipinski definition) is 4. The highest BCUT2D eigenvalue weighted by atomic mass is 16.3. The summed E-state index contributed by atoms with van der Waals surface area (Å²) in [6, 6.07) is 2.03. The maximum absolute atomic E-state index is 10.1. The molecule has 2 N–H and O–H groups in total. The molecule has 3 rings (SSSR count). The average Bonchev–Trinajstić information content (AvgIpc) is 2.77. The maximum atomic E-state index is 10.1. The quantitative estimate of drug-likeness (QED) is 0.794. The van der Waals surface area contributed by atoms with Crippen LogP contribution in [-0.4, -0.2) is 31.9 Å². The van der Waals surface area contributed by atoms with E-state index in [0.29, 0.717) is 0 Å². The third kappa shape index (κ3) is 2.18. The van der Waals surface area contributed by atoms with Crippen LogP contribution in [0.4, 0.5) is 5.82 Å². The van der Waals surface area contributed by atoms with Gasteiger partial charge in [-0.2, -0.15) is 5.10 Å². The molecule has 1 fully saturated rings. The Morgan fingerprint density at radius 3 is 3.06 bits per heavy atom. The van der Waals surface area contributed by atoms with E-state index in [-0.39, 0.29) is 12.1 Å². The second kappa shape index (κ2) is 4.94. The molecule has 5 heteroatoms. The highest BCUT2D eigenvalue weighted by Gasteiger charge is 2.22. The van der Waals surface area contributed by atoms with Crippen LogP contribution in [-0.2, 0) is 0 Å². The molecule has 2 heterocycles. The molecule has 2 aromatic heterocycles. The van der Waals surface area contributed by atoms with Gasteiger partial charge in [-0.05, 0) is 18.9 Å². The van der Waals surface area contributed by atoms with E-state index in [0.717, 1.165) is 37.0 Å². The van der Waals surface area contributed by atoms with Gasteiger partial charge in [-0.15, -0.1) is 0 Å². The largest absolute Gasteiger partial charge is 0.391 e. The highest BCUT2D eigenvalue weighted by molar-refractivity contribution is 5.67. The number of fused-ring (bicyclic) bond motifs is 1. The number of nitrogens with one attached hydrogen (secondary N) is 1. The fourth-order valence-corrected chi connectivity index (χ4v) is 2.60. The van der Waals surface area contributed by atoms with Crippen LogP contribution in [0.3, 0.4) is 0 Å². The van der Waals surface area contributed by atoms with Crippen molar-refractivity contribution in [3.63, 3.8) is 0 Å². The van der Waals surface area contributed by atoms with E-state index < -0.39 is 0 Å². The van der Waals surface area contributed by atoms with Gasteiger partial charge in [-0.1, -0.05) is 19.3 Å². The molecule has 2 aromatic rings. The van der Waals surface area contributed by atoms with Gasteiger partial charge in [0.25, 0.3) is 0 Å². The summed E-state index contributed by atoms with van der Waals surface area (Å²) in [6.45, 7) is 0. The Morgan fingerprint density at radius 1 is 1.22 bits per heavy atom. The summed E-state index contributed by atoms with van der Waals surface area (Å²) in [4.78, 5) is 4.36. The summed E-state index contributed by atoms with van der Waals surface area (Å²) in [5, 5.41) is 17.7. The maximum Gasteiger partial charge on any atom is 0.152 e. The van der Waals surface area contributed by atoms with Gasteiger partial charge in [0.1, 0.15) is 5.52 Å². The van der Waals surface area contributed by atoms with Gasteiger partial charge in [0.15, 0.2) is 5.82 Å². The Labute approximate surface area is 106 Å². The number of nitrogens with zero attached hydrogens (tertiary/aromatic N) is 3. The molecular weight excluding hydrogens is 228 g/mol. The van der Waals surface area contributed by atoms with Crippen molar-refractivity contribution in [2.75, 3.05) is 5.32 Å². The van der Waals surface area contributed by atoms with Gasteiger partial charge >= 0.3 is 0 Å². The van der Waals surface area contributed by atoms with Gasteiger partial charge in [0, 0.05) is 12.4 Å². The SMILES string of the molecule is OC1CCCCCC1Nc1nccn2nccc12. The lowest BCUT2D eigenvalue weighted by Crippen LogP contribution is -2.32. The van der Waals surface area contributed by atoms with Gasteiger partial charge < -0.3 is 10.4 Å². The Bertz CT molecular complexity index is 524. The lowest BCUT2D eigenvalue weighted by Gasteiger charge is -2.22. The third-order valence-corrected chi connectivity index (χ3v) is 3.63. The average molecular weight is 246 g/mol. The molecule has 2 atom stereocenters. The van der Waals surface area contributed by atoms with E-state index in [1.807, 2.05) is 12.3 Å². The molecular formula is C13H18N4O. The van der Waals surface area contributed by atoms with Crippen molar-refractivity contribution in [3.8, 4) is 0 Å². The molecule has 96 valence electrons. The van der Waals surface area contributed by atoms with Crippen molar-refractivity contribution in [2.24, 2.45) is 0 Å². The van der Waals surface area contributed by atoms with E-state index in [2.05, 4.69) is 15.4 Å². The Balaban J connectivity index is 1.84. The molecule has 0 bridgehead atoms. The summed E-state index contributed by atoms with van der Waals surface area (Å²) in [7, 11) is 0. The third-order valence-electron chi connectivity index (χ3n) is 3.63. The molecule has 1 aliphatic carbocycles. The number of anilines is 1. The number of hydrogen-bond donors (Lipinski definition) is 2. The van der Waals surface area contributed by atoms with Crippen molar-refractivity contribution in [1.29, 1.82) is 0 Å². The molecule has 0 spiro atoms. The summed E-state index contributed by atoms with van der Waals surface area (Å²) < 4.78 is 1.79. The Hall–Kier alpha value is -1.62. The van der Waals surface area contributed by atoms with Crippen LogP contribution >= 0.6 is 0 Å². The first-order valence-corrected chi connectivity index (χ1v) is 6.57. The first-order valence-electron chi connectivity index (χ1n) is 6.57. The number of aromatic nitrogens is 3. The van der Waals surface area contributed by atoms with E-state index in [1.165, 1.54) is 6.42 Å². The molecule has 5 nitrogen and oxygen atoms in total.